The van der Waals surface area contributed by atoms with Gasteiger partial charge in [-0.05, 0) is 37.6 Å². The molecule has 0 unspecified atom stereocenters. The van der Waals surface area contributed by atoms with Crippen LogP contribution in [0.25, 0.3) is 0 Å². The molecule has 1 atom stereocenters. The van der Waals surface area contributed by atoms with Crippen LogP contribution in [0.3, 0.4) is 0 Å². The highest BCUT2D eigenvalue weighted by atomic mass is 19.1. The second-order valence-corrected chi connectivity index (χ2v) is 8.21. The summed E-state index contributed by atoms with van der Waals surface area (Å²) in [5.74, 6) is 0.866. The van der Waals surface area contributed by atoms with E-state index in [9.17, 15) is 9.18 Å². The van der Waals surface area contributed by atoms with E-state index >= 15 is 0 Å². The van der Waals surface area contributed by atoms with Gasteiger partial charge < -0.3 is 19.7 Å². The van der Waals surface area contributed by atoms with Crippen LogP contribution in [-0.2, 0) is 17.9 Å². The monoisotopic (exact) mass is 448 g/mol. The number of carbonyl (C=O) groups excluding carboxylic acids is 1. The van der Waals surface area contributed by atoms with Gasteiger partial charge in [0.05, 0.1) is 24.8 Å². The van der Waals surface area contributed by atoms with Gasteiger partial charge in [0.25, 0.3) is 0 Å². The highest BCUT2D eigenvalue weighted by Gasteiger charge is 2.30. The average Bonchev–Trinajstić information content (AvgIpc) is 2.81. The van der Waals surface area contributed by atoms with E-state index < -0.39 is 0 Å². The molecular weight excluding hydrogens is 419 g/mol. The highest BCUT2D eigenvalue weighted by Crippen LogP contribution is 2.36. The molecule has 1 heterocycles. The number of halogens is 1. The minimum absolute atomic E-state index is 0.0747. The third kappa shape index (κ3) is 5.64. The van der Waals surface area contributed by atoms with Gasteiger partial charge in [-0.25, -0.2) is 4.39 Å². The Bertz CT molecular complexity index is 1100. The summed E-state index contributed by atoms with van der Waals surface area (Å²) in [7, 11) is 0. The Balaban J connectivity index is 1.48. The van der Waals surface area contributed by atoms with Gasteiger partial charge in [-0.3, -0.25) is 4.79 Å². The number of carbonyl (C=O) groups is 1. The summed E-state index contributed by atoms with van der Waals surface area (Å²) in [6.45, 7) is 5.86. The van der Waals surface area contributed by atoms with E-state index in [1.807, 2.05) is 38.1 Å². The largest absolute Gasteiger partial charge is 0.494 e. The van der Waals surface area contributed by atoms with Gasteiger partial charge in [0.15, 0.2) is 0 Å². The van der Waals surface area contributed by atoms with Gasteiger partial charge in [-0.1, -0.05) is 48.0 Å². The summed E-state index contributed by atoms with van der Waals surface area (Å²) in [6, 6.07) is 20.4. The van der Waals surface area contributed by atoms with Crippen molar-refractivity contribution >= 4 is 11.6 Å². The van der Waals surface area contributed by atoms with Crippen LogP contribution < -0.4 is 19.7 Å². The van der Waals surface area contributed by atoms with Crippen LogP contribution in [0.1, 0.15) is 30.0 Å². The Kier molecular flexibility index (Phi) is 7.13. The summed E-state index contributed by atoms with van der Waals surface area (Å²) in [5.41, 5.74) is 4.04. The number of nitrogens with one attached hydrogen (secondary N) is 1. The first-order chi connectivity index (χ1) is 16.0. The van der Waals surface area contributed by atoms with E-state index in [2.05, 4.69) is 34.5 Å². The molecule has 0 aliphatic carbocycles. The predicted octanol–water partition coefficient (Wildman–Crippen LogP) is 5.01. The molecule has 3 aromatic rings. The molecule has 5 nitrogen and oxygen atoms in total. The summed E-state index contributed by atoms with van der Waals surface area (Å²) in [6.07, 6.45) is 0.263. The maximum atomic E-state index is 13.8. The van der Waals surface area contributed by atoms with Crippen molar-refractivity contribution in [3.63, 3.8) is 0 Å². The second-order valence-electron chi connectivity index (χ2n) is 8.21. The number of amides is 1. The molecule has 4 rings (SSSR count). The second kappa shape index (κ2) is 10.4. The molecule has 0 saturated carbocycles. The number of benzene rings is 3. The topological polar surface area (TPSA) is 50.8 Å². The van der Waals surface area contributed by atoms with Crippen molar-refractivity contribution in [3.05, 3.63) is 89.2 Å². The van der Waals surface area contributed by atoms with Crippen molar-refractivity contribution in [2.24, 2.45) is 0 Å². The van der Waals surface area contributed by atoms with Gasteiger partial charge in [0.2, 0.25) is 5.91 Å². The fourth-order valence-electron chi connectivity index (χ4n) is 4.01. The third-order valence-corrected chi connectivity index (χ3v) is 5.75. The molecule has 0 aromatic heterocycles. The number of anilines is 1. The van der Waals surface area contributed by atoms with Crippen LogP contribution in [0.15, 0.2) is 66.7 Å². The van der Waals surface area contributed by atoms with Crippen molar-refractivity contribution in [2.45, 2.75) is 39.4 Å². The zero-order chi connectivity index (χ0) is 23.2. The van der Waals surface area contributed by atoms with E-state index in [1.54, 1.807) is 6.07 Å². The van der Waals surface area contributed by atoms with Crippen molar-refractivity contribution in [3.8, 4) is 11.5 Å². The van der Waals surface area contributed by atoms with Gasteiger partial charge in [-0.2, -0.15) is 0 Å². The van der Waals surface area contributed by atoms with Gasteiger partial charge in [0.1, 0.15) is 23.9 Å². The molecule has 33 heavy (non-hydrogen) atoms. The Morgan fingerprint density at radius 3 is 2.73 bits per heavy atom. The number of aryl methyl sites for hydroxylation is 1. The van der Waals surface area contributed by atoms with Crippen LogP contribution >= 0.6 is 0 Å². The molecule has 172 valence electrons. The van der Waals surface area contributed by atoms with E-state index in [4.69, 9.17) is 9.47 Å². The number of rotatable bonds is 8. The molecule has 0 spiro atoms. The normalized spacial score (nSPS) is 14.9. The van der Waals surface area contributed by atoms with E-state index in [0.29, 0.717) is 32.1 Å². The molecule has 0 bridgehead atoms. The molecule has 1 N–H and O–H groups in total. The molecule has 1 amide bonds. The number of ether oxygens (including phenoxy) is 2. The summed E-state index contributed by atoms with van der Waals surface area (Å²) in [4.78, 5) is 15.0. The molecule has 1 aliphatic rings. The highest BCUT2D eigenvalue weighted by molar-refractivity contribution is 5.78. The van der Waals surface area contributed by atoms with Crippen molar-refractivity contribution in [1.82, 2.24) is 5.32 Å². The molecule has 6 heteroatoms. The lowest BCUT2D eigenvalue weighted by atomic mass is 10.1. The average molecular weight is 449 g/mol. The molecular formula is C27H29FN2O3. The summed E-state index contributed by atoms with van der Waals surface area (Å²) in [5, 5.41) is 3.01. The fraction of sp³-hybridized carbons (Fsp3) is 0.296. The first kappa shape index (κ1) is 22.6. The third-order valence-electron chi connectivity index (χ3n) is 5.75. The lowest BCUT2D eigenvalue weighted by Crippen LogP contribution is -2.45. The molecule has 0 radical (unpaired) electrons. The Morgan fingerprint density at radius 1 is 1.15 bits per heavy atom. The SMILES string of the molecule is CCOc1ccccc1CNC(=O)C[C@H]1COc2cc(F)ccc2N1Cc1ccc(C)cc1. The smallest absolute Gasteiger partial charge is 0.222 e. The maximum absolute atomic E-state index is 13.8. The van der Waals surface area contributed by atoms with Crippen LogP contribution in [-0.4, -0.2) is 25.2 Å². The lowest BCUT2D eigenvalue weighted by Gasteiger charge is -2.38. The quantitative estimate of drug-likeness (QED) is 0.527. The van der Waals surface area contributed by atoms with Crippen LogP contribution in [0.5, 0.6) is 11.5 Å². The number of hydrogen-bond donors (Lipinski definition) is 1. The number of nitrogens with zero attached hydrogens (tertiary/aromatic N) is 1. The summed E-state index contributed by atoms with van der Waals surface area (Å²) >= 11 is 0. The summed E-state index contributed by atoms with van der Waals surface area (Å²) < 4.78 is 25.3. The number of fused-ring (bicyclic) bond motifs is 1. The number of para-hydroxylation sites is 1. The van der Waals surface area contributed by atoms with Crippen molar-refractivity contribution in [2.75, 3.05) is 18.1 Å². The van der Waals surface area contributed by atoms with E-state index in [1.165, 1.54) is 17.7 Å². The van der Waals surface area contributed by atoms with Gasteiger partial charge >= 0.3 is 0 Å². The lowest BCUT2D eigenvalue weighted by molar-refractivity contribution is -0.121. The first-order valence-electron chi connectivity index (χ1n) is 11.3. The van der Waals surface area contributed by atoms with Crippen LogP contribution in [0.4, 0.5) is 10.1 Å². The van der Waals surface area contributed by atoms with Crippen molar-refractivity contribution in [1.29, 1.82) is 0 Å². The standard InChI is InChI=1S/C27H29FN2O3/c1-3-32-25-7-5-4-6-21(25)16-29-27(31)15-23-18-33-26-14-22(28)12-13-24(26)30(23)17-20-10-8-19(2)9-11-20/h4-14,23H,3,15-18H2,1-2H3,(H,29,31)/t23-/m0/s1. The minimum atomic E-state index is -0.340. The number of hydrogen-bond acceptors (Lipinski definition) is 4. The first-order valence-corrected chi connectivity index (χ1v) is 11.3. The molecule has 1 aliphatic heterocycles. The molecule has 0 fully saturated rings. The van der Waals surface area contributed by atoms with Gasteiger partial charge in [0, 0.05) is 24.7 Å². The molecule has 3 aromatic carbocycles. The fourth-order valence-corrected chi connectivity index (χ4v) is 4.01. The van der Waals surface area contributed by atoms with Gasteiger partial charge in [-0.15, -0.1) is 0 Å². The maximum Gasteiger partial charge on any atom is 0.222 e. The Morgan fingerprint density at radius 2 is 1.94 bits per heavy atom. The Labute approximate surface area is 194 Å². The van der Waals surface area contributed by atoms with Crippen molar-refractivity contribution < 1.29 is 18.7 Å². The Hall–Kier alpha value is -3.54. The van der Waals surface area contributed by atoms with E-state index in [0.717, 1.165) is 22.6 Å². The van der Waals surface area contributed by atoms with Crippen LogP contribution in [0.2, 0.25) is 0 Å². The van der Waals surface area contributed by atoms with Crippen LogP contribution in [0, 0.1) is 12.7 Å². The zero-order valence-electron chi connectivity index (χ0n) is 19.0. The zero-order valence-corrected chi connectivity index (χ0v) is 19.0. The molecule has 0 saturated heterocycles. The predicted molar refractivity (Wildman–Crippen MR) is 127 cm³/mol. The van der Waals surface area contributed by atoms with E-state index in [-0.39, 0.29) is 24.2 Å². The minimum Gasteiger partial charge on any atom is -0.494 e.